The van der Waals surface area contributed by atoms with Gasteiger partial charge in [-0.2, -0.15) is 0 Å². The fourth-order valence-electron chi connectivity index (χ4n) is 2.29. The van der Waals surface area contributed by atoms with Crippen molar-refractivity contribution in [2.75, 3.05) is 25.0 Å². The predicted molar refractivity (Wildman–Crippen MR) is 65.5 cm³/mol. The Morgan fingerprint density at radius 2 is 1.94 bits per heavy atom. The minimum atomic E-state index is 0.610. The van der Waals surface area contributed by atoms with E-state index in [2.05, 4.69) is 27.1 Å². The second-order valence-electron chi connectivity index (χ2n) is 4.45. The molecule has 1 N–H and O–H groups in total. The van der Waals surface area contributed by atoms with Gasteiger partial charge in [0.05, 0.1) is 0 Å². The lowest BCUT2D eigenvalue weighted by Gasteiger charge is -2.34. The van der Waals surface area contributed by atoms with Crippen LogP contribution in [0.2, 0.25) is 0 Å². The summed E-state index contributed by atoms with van der Waals surface area (Å²) in [5.41, 5.74) is 0. The van der Waals surface area contributed by atoms with Crippen molar-refractivity contribution in [2.45, 2.75) is 25.8 Å². The van der Waals surface area contributed by atoms with Gasteiger partial charge in [-0.05, 0) is 38.8 Å². The molecule has 88 valence electrons. The molecule has 4 nitrogen and oxygen atoms in total. The molecule has 0 aliphatic carbocycles. The van der Waals surface area contributed by atoms with Crippen LogP contribution in [-0.2, 0) is 0 Å². The van der Waals surface area contributed by atoms with Crippen molar-refractivity contribution in [2.24, 2.45) is 5.92 Å². The van der Waals surface area contributed by atoms with E-state index in [1.165, 1.54) is 12.8 Å². The largest absolute Gasteiger partial charge is 0.341 e. The number of anilines is 1. The molecule has 16 heavy (non-hydrogen) atoms. The van der Waals surface area contributed by atoms with Crippen molar-refractivity contribution < 1.29 is 0 Å². The molecule has 0 aromatic carbocycles. The summed E-state index contributed by atoms with van der Waals surface area (Å²) in [6.07, 6.45) is 6.07. The summed E-state index contributed by atoms with van der Waals surface area (Å²) < 4.78 is 0. The first-order valence-corrected chi connectivity index (χ1v) is 6.00. The van der Waals surface area contributed by atoms with Crippen LogP contribution in [0.1, 0.15) is 19.8 Å². The first kappa shape index (κ1) is 11.3. The molecule has 0 radical (unpaired) electrons. The summed E-state index contributed by atoms with van der Waals surface area (Å²) in [7, 11) is 2.04. The Hall–Kier alpha value is -1.16. The smallest absolute Gasteiger partial charge is 0.225 e. The maximum Gasteiger partial charge on any atom is 0.225 e. The van der Waals surface area contributed by atoms with Crippen molar-refractivity contribution in [3.8, 4) is 0 Å². The number of hydrogen-bond acceptors (Lipinski definition) is 4. The molecule has 1 aromatic rings. The first-order valence-electron chi connectivity index (χ1n) is 6.00. The molecular formula is C12H20N4. The van der Waals surface area contributed by atoms with E-state index >= 15 is 0 Å². The van der Waals surface area contributed by atoms with Crippen LogP contribution in [0.5, 0.6) is 0 Å². The highest BCUT2D eigenvalue weighted by Gasteiger charge is 2.23. The summed E-state index contributed by atoms with van der Waals surface area (Å²) in [5.74, 6) is 1.66. The van der Waals surface area contributed by atoms with Gasteiger partial charge in [-0.3, -0.25) is 0 Å². The second-order valence-corrected chi connectivity index (χ2v) is 4.45. The zero-order valence-corrected chi connectivity index (χ0v) is 10.1. The third kappa shape index (κ3) is 2.50. The highest BCUT2D eigenvalue weighted by molar-refractivity contribution is 5.28. The topological polar surface area (TPSA) is 41.0 Å². The highest BCUT2D eigenvalue weighted by Crippen LogP contribution is 2.22. The summed E-state index contributed by atoms with van der Waals surface area (Å²) in [6.45, 7) is 4.40. The van der Waals surface area contributed by atoms with Gasteiger partial charge in [0.2, 0.25) is 5.95 Å². The van der Waals surface area contributed by atoms with E-state index in [4.69, 9.17) is 0 Å². The van der Waals surface area contributed by atoms with E-state index in [0.717, 1.165) is 25.0 Å². The molecule has 0 spiro atoms. The third-order valence-corrected chi connectivity index (χ3v) is 3.54. The van der Waals surface area contributed by atoms with Crippen LogP contribution in [0, 0.1) is 5.92 Å². The summed E-state index contributed by atoms with van der Waals surface area (Å²) in [4.78, 5) is 10.9. The Balaban J connectivity index is 1.91. The van der Waals surface area contributed by atoms with Gasteiger partial charge >= 0.3 is 0 Å². The minimum Gasteiger partial charge on any atom is -0.341 e. The molecule has 2 heterocycles. The number of aromatic nitrogens is 2. The van der Waals surface area contributed by atoms with Crippen molar-refractivity contribution in [3.05, 3.63) is 18.5 Å². The van der Waals surface area contributed by atoms with Crippen LogP contribution in [0.25, 0.3) is 0 Å². The lowest BCUT2D eigenvalue weighted by molar-refractivity contribution is 0.322. The standard InChI is InChI=1S/C12H20N4/c1-10(13-2)11-4-8-16(9-5-11)12-14-6-3-7-15-12/h3,6-7,10-11,13H,4-5,8-9H2,1-2H3. The number of rotatable bonds is 3. The van der Waals surface area contributed by atoms with E-state index in [-0.39, 0.29) is 0 Å². The van der Waals surface area contributed by atoms with Crippen LogP contribution in [0.15, 0.2) is 18.5 Å². The van der Waals surface area contributed by atoms with Crippen LogP contribution < -0.4 is 10.2 Å². The van der Waals surface area contributed by atoms with Gasteiger partial charge in [-0.15, -0.1) is 0 Å². The molecule has 1 unspecified atom stereocenters. The summed E-state index contributed by atoms with van der Waals surface area (Å²) in [6, 6.07) is 2.47. The van der Waals surface area contributed by atoms with Crippen LogP contribution in [0.3, 0.4) is 0 Å². The van der Waals surface area contributed by atoms with Crippen molar-refractivity contribution in [3.63, 3.8) is 0 Å². The fourth-order valence-corrected chi connectivity index (χ4v) is 2.29. The Labute approximate surface area is 97.1 Å². The molecule has 1 aliphatic rings. The van der Waals surface area contributed by atoms with E-state index in [0.29, 0.717) is 6.04 Å². The monoisotopic (exact) mass is 220 g/mol. The summed E-state index contributed by atoms with van der Waals surface area (Å²) >= 11 is 0. The molecule has 1 aromatic heterocycles. The van der Waals surface area contributed by atoms with Crippen molar-refractivity contribution in [1.82, 2.24) is 15.3 Å². The van der Waals surface area contributed by atoms with Gasteiger partial charge in [0.25, 0.3) is 0 Å². The quantitative estimate of drug-likeness (QED) is 0.833. The minimum absolute atomic E-state index is 0.610. The molecule has 0 saturated carbocycles. The Kier molecular flexibility index (Phi) is 3.72. The zero-order valence-electron chi connectivity index (χ0n) is 10.1. The Morgan fingerprint density at radius 1 is 1.31 bits per heavy atom. The molecule has 1 aliphatic heterocycles. The molecule has 1 saturated heterocycles. The highest BCUT2D eigenvalue weighted by atomic mass is 15.2. The maximum atomic E-state index is 4.29. The lowest BCUT2D eigenvalue weighted by atomic mass is 9.90. The Bertz CT molecular complexity index is 306. The third-order valence-electron chi connectivity index (χ3n) is 3.54. The van der Waals surface area contributed by atoms with Gasteiger partial charge in [-0.25, -0.2) is 9.97 Å². The molecule has 1 atom stereocenters. The Morgan fingerprint density at radius 3 is 2.50 bits per heavy atom. The maximum absolute atomic E-state index is 4.29. The second kappa shape index (κ2) is 5.25. The van der Waals surface area contributed by atoms with Crippen molar-refractivity contribution >= 4 is 5.95 Å². The van der Waals surface area contributed by atoms with Gasteiger partial charge < -0.3 is 10.2 Å². The van der Waals surface area contributed by atoms with E-state index in [9.17, 15) is 0 Å². The molecule has 1 fully saturated rings. The SMILES string of the molecule is CNC(C)C1CCN(c2ncccn2)CC1. The van der Waals surface area contributed by atoms with Crippen LogP contribution in [-0.4, -0.2) is 36.1 Å². The zero-order chi connectivity index (χ0) is 11.4. The normalized spacial score (nSPS) is 19.8. The fraction of sp³-hybridized carbons (Fsp3) is 0.667. The van der Waals surface area contributed by atoms with Gasteiger partial charge in [0.15, 0.2) is 0 Å². The molecule has 0 bridgehead atoms. The van der Waals surface area contributed by atoms with Crippen molar-refractivity contribution in [1.29, 1.82) is 0 Å². The van der Waals surface area contributed by atoms with E-state index in [1.54, 1.807) is 0 Å². The number of hydrogen-bond donors (Lipinski definition) is 1. The number of nitrogens with zero attached hydrogens (tertiary/aromatic N) is 3. The average Bonchev–Trinajstić information content (AvgIpc) is 2.39. The van der Waals surface area contributed by atoms with E-state index in [1.807, 2.05) is 25.5 Å². The van der Waals surface area contributed by atoms with Crippen LogP contribution >= 0.6 is 0 Å². The lowest BCUT2D eigenvalue weighted by Crippen LogP contribution is -2.41. The van der Waals surface area contributed by atoms with Gasteiger partial charge in [0.1, 0.15) is 0 Å². The predicted octanol–water partition coefficient (Wildman–Crippen LogP) is 1.30. The molecular weight excluding hydrogens is 200 g/mol. The molecule has 2 rings (SSSR count). The van der Waals surface area contributed by atoms with Gasteiger partial charge in [-0.1, -0.05) is 0 Å². The van der Waals surface area contributed by atoms with E-state index < -0.39 is 0 Å². The average molecular weight is 220 g/mol. The number of piperidine rings is 1. The first-order chi connectivity index (χ1) is 7.81. The van der Waals surface area contributed by atoms with Crippen LogP contribution in [0.4, 0.5) is 5.95 Å². The number of nitrogens with one attached hydrogen (secondary N) is 1. The summed E-state index contributed by atoms with van der Waals surface area (Å²) in [5, 5.41) is 3.34. The molecule has 4 heteroatoms. The molecule has 0 amide bonds. The van der Waals surface area contributed by atoms with Gasteiger partial charge in [0, 0.05) is 31.5 Å².